The zero-order valence-electron chi connectivity index (χ0n) is 17.1. The van der Waals surface area contributed by atoms with Gasteiger partial charge in [0, 0.05) is 62.2 Å². The summed E-state index contributed by atoms with van der Waals surface area (Å²) in [4.78, 5) is 14.9. The summed E-state index contributed by atoms with van der Waals surface area (Å²) in [6, 6.07) is 14.8. The number of carbonyl (C=O) groups excluding carboxylic acids is 1. The second-order valence-electron chi connectivity index (χ2n) is 6.99. The molecule has 0 radical (unpaired) electrons. The van der Waals surface area contributed by atoms with Crippen LogP contribution in [0.2, 0.25) is 0 Å². The Labute approximate surface area is 170 Å². The van der Waals surface area contributed by atoms with Crippen LogP contribution in [-0.4, -0.2) is 43.9 Å². The van der Waals surface area contributed by atoms with Crippen LogP contribution in [-0.2, 0) is 0 Å². The monoisotopic (exact) mass is 394 g/mol. The number of aromatic nitrogens is 1. The van der Waals surface area contributed by atoms with Gasteiger partial charge in [0.15, 0.2) is 0 Å². The summed E-state index contributed by atoms with van der Waals surface area (Å²) in [5, 5.41) is 10.8. The van der Waals surface area contributed by atoms with E-state index in [-0.39, 0.29) is 24.0 Å². The fourth-order valence-electron chi connectivity index (χ4n) is 3.40. The van der Waals surface area contributed by atoms with Gasteiger partial charge in [0.25, 0.3) is 0 Å². The third kappa shape index (κ3) is 4.37. The maximum Gasteiger partial charge on any atom is 0.231 e. The van der Waals surface area contributed by atoms with E-state index in [9.17, 15) is 9.90 Å². The van der Waals surface area contributed by atoms with Crippen LogP contribution in [0.15, 0.2) is 60.9 Å². The molecule has 2 aromatic carbocycles. The van der Waals surface area contributed by atoms with Crippen molar-refractivity contribution in [2.24, 2.45) is 0 Å². The summed E-state index contributed by atoms with van der Waals surface area (Å²) in [5.41, 5.74) is 2.52. The molecule has 0 saturated heterocycles. The van der Waals surface area contributed by atoms with Gasteiger partial charge in [0.05, 0.1) is 14.2 Å². The van der Waals surface area contributed by atoms with E-state index in [2.05, 4.69) is 0 Å². The van der Waals surface area contributed by atoms with Crippen molar-refractivity contribution >= 4 is 11.6 Å². The number of phenolic OH excluding ortho intramolecular Hbond substituents is 1. The van der Waals surface area contributed by atoms with Crippen LogP contribution in [0.4, 0.5) is 5.69 Å². The lowest BCUT2D eigenvalue weighted by molar-refractivity contribution is 0.0897. The van der Waals surface area contributed by atoms with E-state index in [1.54, 1.807) is 29.1 Å². The van der Waals surface area contributed by atoms with Crippen molar-refractivity contribution in [2.45, 2.75) is 12.3 Å². The van der Waals surface area contributed by atoms with Gasteiger partial charge < -0.3 is 19.5 Å². The number of nitrogens with zero attached hydrogens (tertiary/aromatic N) is 2. The van der Waals surface area contributed by atoms with Crippen LogP contribution in [0.3, 0.4) is 0 Å². The number of rotatable bonds is 7. The van der Waals surface area contributed by atoms with Gasteiger partial charge in [-0.05, 0) is 29.8 Å². The summed E-state index contributed by atoms with van der Waals surface area (Å²) in [7, 11) is 7.01. The topological polar surface area (TPSA) is 63.9 Å². The van der Waals surface area contributed by atoms with Gasteiger partial charge in [0.1, 0.15) is 17.2 Å². The zero-order chi connectivity index (χ0) is 21.0. The Morgan fingerprint density at radius 3 is 2.28 bits per heavy atom. The number of phenols is 1. The minimum absolute atomic E-state index is 0.0307. The van der Waals surface area contributed by atoms with Gasteiger partial charge in [-0.3, -0.25) is 9.36 Å². The van der Waals surface area contributed by atoms with Crippen LogP contribution in [0.1, 0.15) is 28.3 Å². The molecule has 1 N–H and O–H groups in total. The average molecular weight is 394 g/mol. The lowest BCUT2D eigenvalue weighted by atomic mass is 9.86. The molecule has 0 bridgehead atoms. The quantitative estimate of drug-likeness (QED) is 0.653. The van der Waals surface area contributed by atoms with Crippen molar-refractivity contribution in [3.8, 4) is 17.2 Å². The van der Waals surface area contributed by atoms with E-state index in [1.165, 1.54) is 14.2 Å². The van der Waals surface area contributed by atoms with Crippen molar-refractivity contribution < 1.29 is 19.4 Å². The largest absolute Gasteiger partial charge is 0.507 e. The smallest absolute Gasteiger partial charge is 0.231 e. The lowest BCUT2D eigenvalue weighted by Crippen LogP contribution is -2.15. The summed E-state index contributed by atoms with van der Waals surface area (Å²) < 4.78 is 12.3. The minimum Gasteiger partial charge on any atom is -0.507 e. The number of carbonyl (C=O) groups is 1. The van der Waals surface area contributed by atoms with Gasteiger partial charge in [0.2, 0.25) is 5.91 Å². The number of aromatic hydroxyl groups is 1. The molecule has 3 aromatic rings. The molecular formula is C23H26N2O4. The molecule has 1 heterocycles. The molecule has 152 valence electrons. The predicted molar refractivity (Wildman–Crippen MR) is 113 cm³/mol. The fraction of sp³-hybridized carbons (Fsp3) is 0.261. The standard InChI is InChI=1S/C23H26N2O4/c1-24(2)17-9-7-16(8-10-17)19(15-22(27)25-11-5-6-12-25)23-20(26)13-18(28-3)14-21(23)29-4/h5-14,19,26H,15H2,1-4H3. The zero-order valence-corrected chi connectivity index (χ0v) is 17.1. The molecule has 0 aliphatic carbocycles. The highest BCUT2D eigenvalue weighted by Crippen LogP contribution is 2.43. The molecule has 0 aliphatic rings. The van der Waals surface area contributed by atoms with Crippen molar-refractivity contribution in [3.05, 3.63) is 72.1 Å². The van der Waals surface area contributed by atoms with Crippen molar-refractivity contribution in [2.75, 3.05) is 33.2 Å². The van der Waals surface area contributed by atoms with E-state index >= 15 is 0 Å². The average Bonchev–Trinajstić information content (AvgIpc) is 3.26. The molecule has 1 unspecified atom stereocenters. The van der Waals surface area contributed by atoms with Crippen LogP contribution in [0.25, 0.3) is 0 Å². The summed E-state index contributed by atoms with van der Waals surface area (Å²) >= 11 is 0. The first-order valence-corrected chi connectivity index (χ1v) is 9.33. The normalized spacial score (nSPS) is 11.7. The highest BCUT2D eigenvalue weighted by atomic mass is 16.5. The van der Waals surface area contributed by atoms with Crippen molar-refractivity contribution in [1.82, 2.24) is 4.57 Å². The van der Waals surface area contributed by atoms with Gasteiger partial charge in [-0.25, -0.2) is 0 Å². The Morgan fingerprint density at radius 1 is 1.07 bits per heavy atom. The number of methoxy groups -OCH3 is 2. The Kier molecular flexibility index (Phi) is 6.12. The van der Waals surface area contributed by atoms with E-state index < -0.39 is 0 Å². The van der Waals surface area contributed by atoms with Crippen LogP contribution in [0.5, 0.6) is 17.2 Å². The first-order chi connectivity index (χ1) is 13.9. The van der Waals surface area contributed by atoms with Crippen molar-refractivity contribution in [1.29, 1.82) is 0 Å². The fourth-order valence-corrected chi connectivity index (χ4v) is 3.40. The molecule has 1 atom stereocenters. The van der Waals surface area contributed by atoms with E-state index in [0.29, 0.717) is 17.1 Å². The Hall–Kier alpha value is -3.41. The number of benzene rings is 2. The van der Waals surface area contributed by atoms with E-state index in [0.717, 1.165) is 11.3 Å². The predicted octanol–water partition coefficient (Wildman–Crippen LogP) is 4.14. The Morgan fingerprint density at radius 2 is 1.72 bits per heavy atom. The molecule has 6 nitrogen and oxygen atoms in total. The molecule has 3 rings (SSSR count). The van der Waals surface area contributed by atoms with Gasteiger partial charge in [-0.2, -0.15) is 0 Å². The Balaban J connectivity index is 2.09. The maximum atomic E-state index is 12.9. The molecule has 0 saturated carbocycles. The minimum atomic E-state index is -0.387. The molecule has 0 spiro atoms. The highest BCUT2D eigenvalue weighted by molar-refractivity contribution is 5.81. The van der Waals surface area contributed by atoms with Gasteiger partial charge >= 0.3 is 0 Å². The van der Waals surface area contributed by atoms with Gasteiger partial charge in [-0.15, -0.1) is 0 Å². The molecule has 6 heteroatoms. The second-order valence-corrected chi connectivity index (χ2v) is 6.99. The molecule has 29 heavy (non-hydrogen) atoms. The van der Waals surface area contributed by atoms with E-state index in [4.69, 9.17) is 9.47 Å². The number of anilines is 1. The number of hydrogen-bond acceptors (Lipinski definition) is 5. The van der Waals surface area contributed by atoms with Crippen LogP contribution < -0.4 is 14.4 Å². The highest BCUT2D eigenvalue weighted by Gasteiger charge is 2.26. The number of ether oxygens (including phenoxy) is 2. The SMILES string of the molecule is COc1cc(O)c(C(CC(=O)n2cccc2)c2ccc(N(C)C)cc2)c(OC)c1. The van der Waals surface area contributed by atoms with Crippen molar-refractivity contribution in [3.63, 3.8) is 0 Å². The lowest BCUT2D eigenvalue weighted by Gasteiger charge is -2.23. The second kappa shape index (κ2) is 8.73. The molecule has 0 amide bonds. The summed E-state index contributed by atoms with van der Waals surface area (Å²) in [6.45, 7) is 0. The number of hydrogen-bond donors (Lipinski definition) is 1. The van der Waals surface area contributed by atoms with E-state index in [1.807, 2.05) is 55.4 Å². The molecule has 0 aliphatic heterocycles. The first-order valence-electron chi connectivity index (χ1n) is 9.33. The third-order valence-corrected chi connectivity index (χ3v) is 4.98. The summed E-state index contributed by atoms with van der Waals surface area (Å²) in [5.74, 6) is 0.532. The molecular weight excluding hydrogens is 368 g/mol. The molecule has 0 fully saturated rings. The third-order valence-electron chi connectivity index (χ3n) is 4.98. The molecule has 1 aromatic heterocycles. The maximum absolute atomic E-state index is 12.9. The Bertz CT molecular complexity index is 963. The first kappa shape index (κ1) is 20.3. The summed E-state index contributed by atoms with van der Waals surface area (Å²) in [6.07, 6.45) is 3.62. The van der Waals surface area contributed by atoms with Gasteiger partial charge in [-0.1, -0.05) is 12.1 Å². The van der Waals surface area contributed by atoms with Crippen LogP contribution >= 0.6 is 0 Å². The van der Waals surface area contributed by atoms with Crippen LogP contribution in [0, 0.1) is 0 Å².